The SMILES string of the molecule is COc1cccc(C(=O)NC2CC3CCCC(C2)N3Cc2cccs2)c1. The van der Waals surface area contributed by atoms with Crippen LogP contribution < -0.4 is 10.1 Å². The summed E-state index contributed by atoms with van der Waals surface area (Å²) < 4.78 is 5.23. The molecule has 2 fully saturated rings. The molecule has 26 heavy (non-hydrogen) atoms. The number of rotatable bonds is 5. The minimum Gasteiger partial charge on any atom is -0.497 e. The molecular formula is C21H26N2O2S. The van der Waals surface area contributed by atoms with Crippen molar-refractivity contribution >= 4 is 17.2 Å². The van der Waals surface area contributed by atoms with Crippen molar-refractivity contribution < 1.29 is 9.53 Å². The lowest BCUT2D eigenvalue weighted by Gasteiger charge is -2.49. The van der Waals surface area contributed by atoms with Crippen molar-refractivity contribution in [2.45, 2.75) is 56.8 Å². The lowest BCUT2D eigenvalue weighted by molar-refractivity contribution is 0.0184. The third-order valence-corrected chi connectivity index (χ3v) is 6.57. The Hall–Kier alpha value is -1.85. The van der Waals surface area contributed by atoms with Crippen molar-refractivity contribution in [1.29, 1.82) is 0 Å². The van der Waals surface area contributed by atoms with E-state index in [1.807, 2.05) is 35.6 Å². The number of thiophene rings is 1. The summed E-state index contributed by atoms with van der Waals surface area (Å²) in [5.41, 5.74) is 0.676. The van der Waals surface area contributed by atoms with Gasteiger partial charge in [-0.3, -0.25) is 9.69 Å². The molecule has 4 rings (SSSR count). The Balaban J connectivity index is 1.41. The molecule has 138 valence electrons. The van der Waals surface area contributed by atoms with E-state index in [9.17, 15) is 4.79 Å². The number of ether oxygens (including phenoxy) is 1. The number of piperidine rings is 2. The van der Waals surface area contributed by atoms with E-state index in [0.29, 0.717) is 17.6 Å². The van der Waals surface area contributed by atoms with E-state index in [4.69, 9.17) is 4.74 Å². The van der Waals surface area contributed by atoms with Crippen LogP contribution in [0.4, 0.5) is 0 Å². The Morgan fingerprint density at radius 2 is 2.04 bits per heavy atom. The van der Waals surface area contributed by atoms with E-state index < -0.39 is 0 Å². The van der Waals surface area contributed by atoms with Gasteiger partial charge in [0.15, 0.2) is 0 Å². The van der Waals surface area contributed by atoms with E-state index in [2.05, 4.69) is 27.7 Å². The van der Waals surface area contributed by atoms with Crippen molar-refractivity contribution in [3.63, 3.8) is 0 Å². The van der Waals surface area contributed by atoms with Gasteiger partial charge in [0.25, 0.3) is 5.91 Å². The van der Waals surface area contributed by atoms with Crippen molar-refractivity contribution in [3.05, 3.63) is 52.2 Å². The third kappa shape index (κ3) is 3.79. The number of nitrogens with zero attached hydrogens (tertiary/aromatic N) is 1. The molecule has 1 amide bonds. The molecule has 2 atom stereocenters. The van der Waals surface area contributed by atoms with Crippen LogP contribution in [-0.4, -0.2) is 36.0 Å². The predicted octanol–water partition coefficient (Wildman–Crippen LogP) is 4.07. The number of benzene rings is 1. The molecule has 0 aliphatic carbocycles. The Morgan fingerprint density at radius 3 is 2.73 bits per heavy atom. The number of fused-ring (bicyclic) bond motifs is 2. The van der Waals surface area contributed by atoms with E-state index >= 15 is 0 Å². The van der Waals surface area contributed by atoms with Crippen LogP contribution in [0.25, 0.3) is 0 Å². The molecule has 2 unspecified atom stereocenters. The van der Waals surface area contributed by atoms with Gasteiger partial charge >= 0.3 is 0 Å². The van der Waals surface area contributed by atoms with Crippen LogP contribution in [0.2, 0.25) is 0 Å². The number of hydrogen-bond donors (Lipinski definition) is 1. The van der Waals surface area contributed by atoms with Crippen molar-refractivity contribution in [2.24, 2.45) is 0 Å². The first-order chi connectivity index (χ1) is 12.7. The van der Waals surface area contributed by atoms with Crippen molar-refractivity contribution in [3.8, 4) is 5.75 Å². The number of nitrogens with one attached hydrogen (secondary N) is 1. The summed E-state index contributed by atoms with van der Waals surface area (Å²) >= 11 is 1.84. The maximum Gasteiger partial charge on any atom is 0.251 e. The maximum atomic E-state index is 12.7. The minimum absolute atomic E-state index is 0.0127. The van der Waals surface area contributed by atoms with Gasteiger partial charge in [-0.05, 0) is 55.3 Å². The predicted molar refractivity (Wildman–Crippen MR) is 105 cm³/mol. The topological polar surface area (TPSA) is 41.6 Å². The molecule has 2 aromatic rings. The number of carbonyl (C=O) groups excluding carboxylic acids is 1. The van der Waals surface area contributed by atoms with E-state index in [1.54, 1.807) is 7.11 Å². The molecule has 0 spiro atoms. The highest BCUT2D eigenvalue weighted by molar-refractivity contribution is 7.09. The van der Waals surface area contributed by atoms with Gasteiger partial charge in [-0.15, -0.1) is 11.3 Å². The van der Waals surface area contributed by atoms with E-state index in [0.717, 1.165) is 25.1 Å². The molecule has 2 aliphatic heterocycles. The van der Waals surface area contributed by atoms with Gasteiger partial charge in [0.2, 0.25) is 0 Å². The Kier molecular flexibility index (Phi) is 5.27. The van der Waals surface area contributed by atoms with Gasteiger partial charge in [0, 0.05) is 35.1 Å². The number of carbonyl (C=O) groups is 1. The first kappa shape index (κ1) is 17.6. The summed E-state index contributed by atoms with van der Waals surface area (Å²) in [4.78, 5) is 16.8. The van der Waals surface area contributed by atoms with E-state index in [1.165, 1.54) is 24.1 Å². The zero-order valence-corrected chi connectivity index (χ0v) is 16.0. The van der Waals surface area contributed by atoms with Crippen LogP contribution in [0.5, 0.6) is 5.75 Å². The highest BCUT2D eigenvalue weighted by atomic mass is 32.1. The second-order valence-electron chi connectivity index (χ2n) is 7.36. The quantitative estimate of drug-likeness (QED) is 0.862. The maximum absolute atomic E-state index is 12.7. The lowest BCUT2D eigenvalue weighted by atomic mass is 9.81. The molecular weight excluding hydrogens is 344 g/mol. The molecule has 5 heteroatoms. The second kappa shape index (κ2) is 7.80. The fraction of sp³-hybridized carbons (Fsp3) is 0.476. The van der Waals surface area contributed by atoms with Crippen LogP contribution >= 0.6 is 11.3 Å². The first-order valence-electron chi connectivity index (χ1n) is 9.46. The summed E-state index contributed by atoms with van der Waals surface area (Å²) in [6.45, 7) is 1.06. The Bertz CT molecular complexity index is 732. The minimum atomic E-state index is 0.0127. The van der Waals surface area contributed by atoms with Crippen LogP contribution in [0.3, 0.4) is 0 Å². The molecule has 1 aromatic carbocycles. The van der Waals surface area contributed by atoms with Crippen LogP contribution in [-0.2, 0) is 6.54 Å². The summed E-state index contributed by atoms with van der Waals surface area (Å²) in [6.07, 6.45) is 5.91. The number of methoxy groups -OCH3 is 1. The molecule has 2 saturated heterocycles. The second-order valence-corrected chi connectivity index (χ2v) is 8.40. The summed E-state index contributed by atoms with van der Waals surface area (Å²) in [7, 11) is 1.63. The fourth-order valence-electron chi connectivity index (χ4n) is 4.47. The van der Waals surface area contributed by atoms with Crippen LogP contribution in [0.15, 0.2) is 41.8 Å². The molecule has 2 bridgehead atoms. The van der Waals surface area contributed by atoms with Gasteiger partial charge in [-0.25, -0.2) is 0 Å². The molecule has 3 heterocycles. The van der Waals surface area contributed by atoms with Crippen molar-refractivity contribution in [1.82, 2.24) is 10.2 Å². The Morgan fingerprint density at radius 1 is 1.23 bits per heavy atom. The van der Waals surface area contributed by atoms with Gasteiger partial charge in [0.05, 0.1) is 7.11 Å². The van der Waals surface area contributed by atoms with Gasteiger partial charge < -0.3 is 10.1 Å². The number of hydrogen-bond acceptors (Lipinski definition) is 4. The highest BCUT2D eigenvalue weighted by Crippen LogP contribution is 2.35. The van der Waals surface area contributed by atoms with Crippen molar-refractivity contribution in [2.75, 3.05) is 7.11 Å². The zero-order chi connectivity index (χ0) is 17.9. The van der Waals surface area contributed by atoms with Crippen LogP contribution in [0, 0.1) is 0 Å². The largest absolute Gasteiger partial charge is 0.497 e. The van der Waals surface area contributed by atoms with Crippen LogP contribution in [0.1, 0.15) is 47.3 Å². The van der Waals surface area contributed by atoms with Gasteiger partial charge in [0.1, 0.15) is 5.75 Å². The smallest absolute Gasteiger partial charge is 0.251 e. The third-order valence-electron chi connectivity index (χ3n) is 5.71. The molecule has 0 saturated carbocycles. The highest BCUT2D eigenvalue weighted by Gasteiger charge is 2.38. The molecule has 1 aromatic heterocycles. The number of amides is 1. The van der Waals surface area contributed by atoms with E-state index in [-0.39, 0.29) is 11.9 Å². The summed E-state index contributed by atoms with van der Waals surface area (Å²) in [5, 5.41) is 5.43. The average molecular weight is 371 g/mol. The molecule has 0 radical (unpaired) electrons. The van der Waals surface area contributed by atoms with Gasteiger partial charge in [-0.1, -0.05) is 18.6 Å². The normalized spacial score (nSPS) is 25.7. The van der Waals surface area contributed by atoms with Gasteiger partial charge in [-0.2, -0.15) is 0 Å². The Labute approximate surface area is 159 Å². The molecule has 2 aliphatic rings. The summed E-state index contributed by atoms with van der Waals surface area (Å²) in [6, 6.07) is 13.2. The first-order valence-corrected chi connectivity index (χ1v) is 10.3. The average Bonchev–Trinajstić information content (AvgIpc) is 3.15. The molecule has 1 N–H and O–H groups in total. The zero-order valence-electron chi connectivity index (χ0n) is 15.2. The molecule has 4 nitrogen and oxygen atoms in total. The monoisotopic (exact) mass is 370 g/mol. The summed E-state index contributed by atoms with van der Waals surface area (Å²) in [5.74, 6) is 0.735. The fourth-order valence-corrected chi connectivity index (χ4v) is 5.18. The lowest BCUT2D eigenvalue weighted by Crippen LogP contribution is -2.56. The standard InChI is InChI=1S/C21H26N2O2S/c1-25-19-8-2-5-15(11-19)21(24)22-16-12-17-6-3-7-18(13-16)23(17)14-20-9-4-10-26-20/h2,4-5,8-11,16-18H,3,6-7,12-14H2,1H3,(H,22,24).